The second kappa shape index (κ2) is 10.1. The maximum absolute atomic E-state index is 12.5. The van der Waals surface area contributed by atoms with Crippen molar-refractivity contribution in [1.82, 2.24) is 20.3 Å². The fourth-order valence-electron chi connectivity index (χ4n) is 6.58. The van der Waals surface area contributed by atoms with Crippen LogP contribution in [0.3, 0.4) is 0 Å². The van der Waals surface area contributed by atoms with Gasteiger partial charge in [-0.1, -0.05) is 13.0 Å². The predicted molar refractivity (Wildman–Crippen MR) is 162 cm³/mol. The van der Waals surface area contributed by atoms with Gasteiger partial charge in [0.2, 0.25) is 5.95 Å². The van der Waals surface area contributed by atoms with Gasteiger partial charge < -0.3 is 29.9 Å². The maximum atomic E-state index is 12.5. The Morgan fingerprint density at radius 3 is 2.45 bits per heavy atom. The summed E-state index contributed by atoms with van der Waals surface area (Å²) < 4.78 is 11.6. The van der Waals surface area contributed by atoms with Crippen LogP contribution in [0.4, 0.5) is 39.6 Å². The van der Waals surface area contributed by atoms with Crippen molar-refractivity contribution in [3.05, 3.63) is 54.2 Å². The number of nitrogens with one attached hydrogen (secondary N) is 2. The van der Waals surface area contributed by atoms with Crippen molar-refractivity contribution in [3.8, 4) is 0 Å². The molecule has 0 spiro atoms. The van der Waals surface area contributed by atoms with Gasteiger partial charge in [-0.05, 0) is 63.6 Å². The number of carbonyl (C=O) groups excluding carboxylic acids is 1. The van der Waals surface area contributed by atoms with Crippen LogP contribution in [0.1, 0.15) is 39.7 Å². The molecule has 0 saturated carbocycles. The third-order valence-electron chi connectivity index (χ3n) is 9.01. The number of fused-ring (bicyclic) bond motifs is 3. The van der Waals surface area contributed by atoms with Crippen molar-refractivity contribution in [2.45, 2.75) is 57.2 Å². The zero-order chi connectivity index (χ0) is 29.1. The second-order valence-electron chi connectivity index (χ2n) is 12.5. The van der Waals surface area contributed by atoms with Crippen LogP contribution in [-0.4, -0.2) is 78.1 Å². The summed E-state index contributed by atoms with van der Waals surface area (Å²) in [6, 6.07) is 14.2. The van der Waals surface area contributed by atoms with E-state index < -0.39 is 0 Å². The fourth-order valence-corrected chi connectivity index (χ4v) is 6.58. The van der Waals surface area contributed by atoms with Crippen LogP contribution in [0.2, 0.25) is 0 Å². The van der Waals surface area contributed by atoms with Gasteiger partial charge in [0.25, 0.3) is 0 Å². The van der Waals surface area contributed by atoms with Gasteiger partial charge in [-0.3, -0.25) is 4.90 Å². The Bertz CT molecular complexity index is 1490. The second-order valence-corrected chi connectivity index (χ2v) is 12.5. The summed E-state index contributed by atoms with van der Waals surface area (Å²) in [5.41, 5.74) is 2.53. The first-order valence-corrected chi connectivity index (χ1v) is 14.8. The molecule has 0 unspecified atom stereocenters. The van der Waals surface area contributed by atoms with Crippen LogP contribution in [0, 0.1) is 0 Å². The normalized spacial score (nSPS) is 26.6. The van der Waals surface area contributed by atoms with Crippen molar-refractivity contribution in [2.75, 3.05) is 59.4 Å². The van der Waals surface area contributed by atoms with Crippen molar-refractivity contribution in [3.63, 3.8) is 0 Å². The van der Waals surface area contributed by atoms with Crippen molar-refractivity contribution < 1.29 is 14.3 Å². The highest BCUT2D eigenvalue weighted by atomic mass is 16.6. The van der Waals surface area contributed by atoms with E-state index in [-0.39, 0.29) is 29.2 Å². The van der Waals surface area contributed by atoms with Crippen LogP contribution in [0.25, 0.3) is 0 Å². The molecule has 3 aromatic rings. The molecular formula is C31H38N8O3. The highest BCUT2D eigenvalue weighted by Crippen LogP contribution is 2.53. The van der Waals surface area contributed by atoms with E-state index in [2.05, 4.69) is 65.5 Å². The minimum absolute atomic E-state index is 0.0461. The average molecular weight is 571 g/mol. The molecule has 4 aliphatic heterocycles. The molecule has 1 amide bonds. The van der Waals surface area contributed by atoms with Gasteiger partial charge in [0.15, 0.2) is 0 Å². The number of aromatic nitrogens is 3. The van der Waals surface area contributed by atoms with E-state index in [4.69, 9.17) is 24.4 Å². The minimum atomic E-state index is -0.372. The summed E-state index contributed by atoms with van der Waals surface area (Å²) in [6.07, 6.45) is 2.34. The Hall–Kier alpha value is -3.96. The zero-order valence-corrected chi connectivity index (χ0v) is 24.6. The minimum Gasteiger partial charge on any atom is -0.447 e. The van der Waals surface area contributed by atoms with Gasteiger partial charge in [-0.2, -0.15) is 4.98 Å². The van der Waals surface area contributed by atoms with E-state index >= 15 is 0 Å². The molecule has 3 saturated heterocycles. The Kier molecular flexibility index (Phi) is 6.47. The zero-order valence-electron chi connectivity index (χ0n) is 24.6. The molecule has 3 atom stereocenters. The molecule has 1 aromatic carbocycles. The first-order valence-electron chi connectivity index (χ1n) is 14.8. The predicted octanol–water partition coefficient (Wildman–Crippen LogP) is 4.35. The highest BCUT2D eigenvalue weighted by Gasteiger charge is 2.55. The van der Waals surface area contributed by atoms with E-state index in [0.717, 1.165) is 55.5 Å². The van der Waals surface area contributed by atoms with Crippen LogP contribution in [-0.2, 0) is 14.9 Å². The Morgan fingerprint density at radius 1 is 1.00 bits per heavy atom. The molecule has 0 radical (unpaired) electrons. The number of anilines is 6. The molecule has 0 bridgehead atoms. The lowest BCUT2D eigenvalue weighted by Gasteiger charge is -2.46. The van der Waals surface area contributed by atoms with E-state index in [1.54, 1.807) is 4.90 Å². The Labute approximate surface area is 246 Å². The molecule has 2 N–H and O–H groups in total. The van der Waals surface area contributed by atoms with Gasteiger partial charge in [-0.15, -0.1) is 0 Å². The summed E-state index contributed by atoms with van der Waals surface area (Å²) in [5, 5.41) is 6.81. The topological polar surface area (TPSA) is 108 Å². The van der Waals surface area contributed by atoms with E-state index in [1.165, 1.54) is 5.69 Å². The molecule has 6 heterocycles. The quantitative estimate of drug-likeness (QED) is 0.460. The first-order chi connectivity index (χ1) is 20.2. The number of benzene rings is 1. The first kappa shape index (κ1) is 26.9. The molecule has 220 valence electrons. The van der Waals surface area contributed by atoms with Crippen LogP contribution >= 0.6 is 0 Å². The SMILES string of the molecule is C[C@H]1COC(=O)N1c1cccc(N2c3nc(Nc4ccc(N5CCNCC5)cc4)ncc3[C@@]3(C)COC(C)(C)C[C@@H]23)n1. The maximum Gasteiger partial charge on any atom is 0.415 e. The average Bonchev–Trinajstić information content (AvgIpc) is 3.45. The molecule has 4 aliphatic rings. The van der Waals surface area contributed by atoms with Gasteiger partial charge in [0.1, 0.15) is 24.1 Å². The molecule has 2 aromatic heterocycles. The van der Waals surface area contributed by atoms with Crippen molar-refractivity contribution in [1.29, 1.82) is 0 Å². The lowest BCUT2D eigenvalue weighted by atomic mass is 9.73. The third kappa shape index (κ3) is 4.60. The number of carbonyl (C=O) groups is 1. The van der Waals surface area contributed by atoms with Gasteiger partial charge in [0.05, 0.1) is 24.3 Å². The lowest BCUT2D eigenvalue weighted by Crippen LogP contribution is -2.54. The van der Waals surface area contributed by atoms with Crippen LogP contribution < -0.4 is 25.3 Å². The summed E-state index contributed by atoms with van der Waals surface area (Å²) >= 11 is 0. The van der Waals surface area contributed by atoms with E-state index in [9.17, 15) is 4.79 Å². The Balaban J connectivity index is 1.24. The molecule has 11 heteroatoms. The number of ether oxygens (including phenoxy) is 2. The number of hydrogen-bond donors (Lipinski definition) is 2. The molecule has 7 rings (SSSR count). The number of piperazine rings is 1. The van der Waals surface area contributed by atoms with Crippen molar-refractivity contribution in [2.24, 2.45) is 0 Å². The number of cyclic esters (lactones) is 1. The molecule has 3 fully saturated rings. The van der Waals surface area contributed by atoms with Crippen molar-refractivity contribution >= 4 is 40.9 Å². The summed E-state index contributed by atoms with van der Waals surface area (Å²) in [4.78, 5) is 33.5. The lowest BCUT2D eigenvalue weighted by molar-refractivity contribution is -0.0893. The summed E-state index contributed by atoms with van der Waals surface area (Å²) in [7, 11) is 0. The third-order valence-corrected chi connectivity index (χ3v) is 9.01. The smallest absolute Gasteiger partial charge is 0.415 e. The number of hydrogen-bond acceptors (Lipinski definition) is 10. The largest absolute Gasteiger partial charge is 0.447 e. The number of pyridine rings is 1. The number of nitrogens with zero attached hydrogens (tertiary/aromatic N) is 6. The van der Waals surface area contributed by atoms with Gasteiger partial charge >= 0.3 is 6.09 Å². The van der Waals surface area contributed by atoms with Gasteiger partial charge in [0, 0.05) is 54.7 Å². The number of rotatable bonds is 5. The van der Waals surface area contributed by atoms with E-state index in [1.807, 2.05) is 31.3 Å². The highest BCUT2D eigenvalue weighted by molar-refractivity contribution is 5.89. The monoisotopic (exact) mass is 570 g/mol. The summed E-state index contributed by atoms with van der Waals surface area (Å²) in [6.45, 7) is 13.3. The Morgan fingerprint density at radius 2 is 1.74 bits per heavy atom. The molecule has 42 heavy (non-hydrogen) atoms. The standard InChI is InChI=1S/C31H38N8O3/c1-20-18-41-29(40)38(20)25-6-5-7-26(35-25)39-24-16-30(2,3)42-19-31(24,4)23-17-33-28(36-27(23)39)34-21-8-10-22(11-9-21)37-14-12-32-13-15-37/h5-11,17,20,24,32H,12-16,18-19H2,1-4H3,(H,33,34,36)/t20-,24+,31+/m0/s1. The fraction of sp³-hybridized carbons (Fsp3) is 0.484. The summed E-state index contributed by atoms with van der Waals surface area (Å²) in [5.74, 6) is 2.63. The molecule has 11 nitrogen and oxygen atoms in total. The molecule has 0 aliphatic carbocycles. The van der Waals surface area contributed by atoms with E-state index in [0.29, 0.717) is 25.0 Å². The van der Waals surface area contributed by atoms with Crippen LogP contribution in [0.15, 0.2) is 48.7 Å². The number of amides is 1. The van der Waals surface area contributed by atoms with Crippen LogP contribution in [0.5, 0.6) is 0 Å². The molecular weight excluding hydrogens is 532 g/mol. The van der Waals surface area contributed by atoms with Gasteiger partial charge in [-0.25, -0.2) is 14.8 Å².